The highest BCUT2D eigenvalue weighted by atomic mass is 35.5. The molecule has 1 atom stereocenters. The molecule has 0 spiro atoms. The molecule has 0 fully saturated rings. The fourth-order valence-electron chi connectivity index (χ4n) is 1.35. The van der Waals surface area contributed by atoms with Gasteiger partial charge in [0.2, 0.25) is 10.0 Å². The van der Waals surface area contributed by atoms with Crippen LogP contribution >= 0.6 is 11.6 Å². The first kappa shape index (κ1) is 15.2. The third kappa shape index (κ3) is 4.13. The molecule has 18 heavy (non-hydrogen) atoms. The van der Waals surface area contributed by atoms with Crippen molar-refractivity contribution in [2.75, 3.05) is 18.9 Å². The van der Waals surface area contributed by atoms with Crippen LogP contribution in [0.4, 0.5) is 5.69 Å². The molecule has 0 saturated heterocycles. The highest BCUT2D eigenvalue weighted by Gasteiger charge is 2.16. The summed E-state index contributed by atoms with van der Waals surface area (Å²) in [6, 6.07) is 4.17. The molecule has 1 aromatic carbocycles. The van der Waals surface area contributed by atoms with Crippen LogP contribution < -0.4 is 10.5 Å². The van der Waals surface area contributed by atoms with Crippen molar-refractivity contribution in [3.63, 3.8) is 0 Å². The minimum atomic E-state index is -3.58. The van der Waals surface area contributed by atoms with Gasteiger partial charge in [0.15, 0.2) is 0 Å². The molecule has 5 nitrogen and oxygen atoms in total. The quantitative estimate of drug-likeness (QED) is 0.687. The van der Waals surface area contributed by atoms with E-state index in [1.165, 1.54) is 18.2 Å². The number of hydrogen-bond acceptors (Lipinski definition) is 4. The second-order valence-corrected chi connectivity index (χ2v) is 6.33. The summed E-state index contributed by atoms with van der Waals surface area (Å²) in [5.41, 5.74) is 5.79. The van der Waals surface area contributed by atoms with E-state index in [1.54, 1.807) is 0 Å². The Kier molecular flexibility index (Phi) is 5.40. The van der Waals surface area contributed by atoms with Crippen LogP contribution in [0.1, 0.15) is 13.3 Å². The topological polar surface area (TPSA) is 92.4 Å². The zero-order chi connectivity index (χ0) is 13.8. The molecule has 0 radical (unpaired) electrons. The maximum absolute atomic E-state index is 11.9. The molecular weight excluding hydrogens is 276 g/mol. The second kappa shape index (κ2) is 6.38. The first-order valence-electron chi connectivity index (χ1n) is 5.52. The highest BCUT2D eigenvalue weighted by Crippen LogP contribution is 2.22. The zero-order valence-electron chi connectivity index (χ0n) is 10.1. The number of aliphatic hydroxyl groups excluding tert-OH is 1. The molecule has 0 aliphatic rings. The van der Waals surface area contributed by atoms with E-state index in [9.17, 15) is 8.42 Å². The number of sulfonamides is 1. The maximum Gasteiger partial charge on any atom is 0.240 e. The summed E-state index contributed by atoms with van der Waals surface area (Å²) in [5, 5.41) is 9.06. The number of nitrogens with one attached hydrogen (secondary N) is 1. The summed E-state index contributed by atoms with van der Waals surface area (Å²) < 4.78 is 26.3. The molecule has 0 amide bonds. The van der Waals surface area contributed by atoms with E-state index in [4.69, 9.17) is 22.4 Å². The lowest BCUT2D eigenvalue weighted by Crippen LogP contribution is -2.28. The number of hydrogen-bond donors (Lipinski definition) is 3. The van der Waals surface area contributed by atoms with Gasteiger partial charge in [0.05, 0.1) is 15.6 Å². The van der Waals surface area contributed by atoms with Crippen LogP contribution in [-0.4, -0.2) is 26.7 Å². The normalized spacial score (nSPS) is 13.5. The standard InChI is InChI=1S/C11H17ClN2O3S/c1-8(4-5-15)7-14-18(16,17)9-2-3-10(12)11(13)6-9/h2-3,6,8,14-15H,4-5,7,13H2,1H3. The van der Waals surface area contributed by atoms with Crippen molar-refractivity contribution in [1.82, 2.24) is 4.72 Å². The Morgan fingerprint density at radius 3 is 2.72 bits per heavy atom. The minimum Gasteiger partial charge on any atom is -0.397 e. The van der Waals surface area contributed by atoms with E-state index < -0.39 is 10.0 Å². The smallest absolute Gasteiger partial charge is 0.240 e. The predicted molar refractivity (Wildman–Crippen MR) is 71.9 cm³/mol. The van der Waals surface area contributed by atoms with Crippen molar-refractivity contribution in [2.24, 2.45) is 5.92 Å². The third-order valence-electron chi connectivity index (χ3n) is 2.52. The van der Waals surface area contributed by atoms with Gasteiger partial charge in [-0.3, -0.25) is 0 Å². The number of benzene rings is 1. The van der Waals surface area contributed by atoms with Crippen LogP contribution in [0.15, 0.2) is 23.1 Å². The Morgan fingerprint density at radius 2 is 2.17 bits per heavy atom. The molecule has 1 aromatic rings. The molecule has 102 valence electrons. The summed E-state index contributed by atoms with van der Waals surface area (Å²) in [7, 11) is -3.58. The Morgan fingerprint density at radius 1 is 1.50 bits per heavy atom. The Bertz CT molecular complexity index is 505. The molecule has 4 N–H and O–H groups in total. The number of anilines is 1. The van der Waals surface area contributed by atoms with Crippen LogP contribution in [0.3, 0.4) is 0 Å². The van der Waals surface area contributed by atoms with Gasteiger partial charge in [-0.05, 0) is 30.5 Å². The van der Waals surface area contributed by atoms with Gasteiger partial charge < -0.3 is 10.8 Å². The number of nitrogen functional groups attached to an aromatic ring is 1. The van der Waals surface area contributed by atoms with Gasteiger partial charge in [0.1, 0.15) is 0 Å². The van der Waals surface area contributed by atoms with Crippen LogP contribution in [0.5, 0.6) is 0 Å². The molecule has 0 aliphatic carbocycles. The lowest BCUT2D eigenvalue weighted by atomic mass is 10.1. The number of halogens is 1. The van der Waals surface area contributed by atoms with Gasteiger partial charge >= 0.3 is 0 Å². The summed E-state index contributed by atoms with van der Waals surface area (Å²) in [6.45, 7) is 2.16. The Labute approximate surface area is 112 Å². The average Bonchev–Trinajstić information content (AvgIpc) is 2.30. The fraction of sp³-hybridized carbons (Fsp3) is 0.455. The number of rotatable bonds is 6. The Balaban J connectivity index is 2.77. The summed E-state index contributed by atoms with van der Waals surface area (Å²) >= 11 is 5.73. The SMILES string of the molecule is CC(CCO)CNS(=O)(=O)c1ccc(Cl)c(N)c1. The molecule has 1 rings (SSSR count). The van der Waals surface area contributed by atoms with Crippen molar-refractivity contribution in [3.05, 3.63) is 23.2 Å². The molecule has 0 saturated carbocycles. The molecule has 1 unspecified atom stereocenters. The van der Waals surface area contributed by atoms with Gasteiger partial charge in [-0.15, -0.1) is 0 Å². The summed E-state index contributed by atoms with van der Waals surface area (Å²) in [5.74, 6) is 0.0643. The first-order chi connectivity index (χ1) is 8.36. The van der Waals surface area contributed by atoms with Crippen molar-refractivity contribution in [3.8, 4) is 0 Å². The lowest BCUT2D eigenvalue weighted by molar-refractivity contribution is 0.263. The van der Waals surface area contributed by atoms with Gasteiger partial charge in [-0.1, -0.05) is 18.5 Å². The maximum atomic E-state index is 11.9. The molecule has 0 aromatic heterocycles. The van der Waals surface area contributed by atoms with Crippen molar-refractivity contribution in [1.29, 1.82) is 0 Å². The third-order valence-corrected chi connectivity index (χ3v) is 4.29. The van der Waals surface area contributed by atoms with Crippen molar-refractivity contribution < 1.29 is 13.5 Å². The second-order valence-electron chi connectivity index (χ2n) is 4.15. The average molecular weight is 293 g/mol. The first-order valence-corrected chi connectivity index (χ1v) is 7.38. The van der Waals surface area contributed by atoms with E-state index in [-0.39, 0.29) is 29.7 Å². The highest BCUT2D eigenvalue weighted by molar-refractivity contribution is 7.89. The van der Waals surface area contributed by atoms with Crippen LogP contribution in [0.25, 0.3) is 0 Å². The van der Waals surface area contributed by atoms with Gasteiger partial charge in [-0.2, -0.15) is 0 Å². The van der Waals surface area contributed by atoms with Crippen LogP contribution in [-0.2, 0) is 10.0 Å². The monoisotopic (exact) mass is 292 g/mol. The zero-order valence-corrected chi connectivity index (χ0v) is 11.6. The number of nitrogens with two attached hydrogens (primary N) is 1. The van der Waals surface area contributed by atoms with E-state index in [0.717, 1.165) is 0 Å². The van der Waals surface area contributed by atoms with Gasteiger partial charge in [0.25, 0.3) is 0 Å². The molecule has 0 bridgehead atoms. The van der Waals surface area contributed by atoms with E-state index >= 15 is 0 Å². The van der Waals surface area contributed by atoms with Crippen molar-refractivity contribution >= 4 is 27.3 Å². The fourth-order valence-corrected chi connectivity index (χ4v) is 2.66. The lowest BCUT2D eigenvalue weighted by Gasteiger charge is -2.12. The van der Waals surface area contributed by atoms with Crippen LogP contribution in [0, 0.1) is 5.92 Å². The van der Waals surface area contributed by atoms with E-state index in [0.29, 0.717) is 11.4 Å². The molecule has 0 aliphatic heterocycles. The molecule has 0 heterocycles. The summed E-state index contributed by atoms with van der Waals surface area (Å²) in [4.78, 5) is 0.0839. The largest absolute Gasteiger partial charge is 0.397 e. The molecule has 7 heteroatoms. The van der Waals surface area contributed by atoms with Crippen LogP contribution in [0.2, 0.25) is 5.02 Å². The molecular formula is C11H17ClN2O3S. The predicted octanol–water partition coefficient (Wildman–Crippen LogP) is 1.22. The number of aliphatic hydroxyl groups is 1. The minimum absolute atomic E-state index is 0.0385. The Hall–Kier alpha value is -0.820. The van der Waals surface area contributed by atoms with Crippen molar-refractivity contribution in [2.45, 2.75) is 18.2 Å². The van der Waals surface area contributed by atoms with Gasteiger partial charge in [0, 0.05) is 13.2 Å². The van der Waals surface area contributed by atoms with E-state index in [1.807, 2.05) is 6.92 Å². The van der Waals surface area contributed by atoms with E-state index in [2.05, 4.69) is 4.72 Å². The van der Waals surface area contributed by atoms with Gasteiger partial charge in [-0.25, -0.2) is 13.1 Å². The summed E-state index contributed by atoms with van der Waals surface area (Å²) in [6.07, 6.45) is 0.547.